The molecular weight excluding hydrogens is 309 g/mol. The van der Waals surface area contributed by atoms with E-state index < -0.39 is 0 Å². The first-order valence-corrected chi connectivity index (χ1v) is 7.19. The van der Waals surface area contributed by atoms with Gasteiger partial charge < -0.3 is 9.47 Å². The Morgan fingerprint density at radius 1 is 1.24 bits per heavy atom. The molecule has 1 aliphatic rings. The molecule has 0 amide bonds. The Morgan fingerprint density at radius 2 is 2.10 bits per heavy atom. The van der Waals surface area contributed by atoms with Gasteiger partial charge >= 0.3 is 0 Å². The monoisotopic (exact) mass is 319 g/mol. The van der Waals surface area contributed by atoms with Gasteiger partial charge in [-0.15, -0.1) is 0 Å². The lowest BCUT2D eigenvalue weighted by atomic mass is 10.1. The maximum atomic E-state index is 8.85. The van der Waals surface area contributed by atoms with Crippen molar-refractivity contribution in [3.63, 3.8) is 0 Å². The van der Waals surface area contributed by atoms with Gasteiger partial charge in [0.15, 0.2) is 0 Å². The highest BCUT2D eigenvalue weighted by Crippen LogP contribution is 2.33. The first-order chi connectivity index (χ1) is 10.2. The van der Waals surface area contributed by atoms with Crippen molar-refractivity contribution < 1.29 is 9.47 Å². The van der Waals surface area contributed by atoms with Gasteiger partial charge in [0.05, 0.1) is 17.2 Å². The van der Waals surface area contributed by atoms with Crippen molar-refractivity contribution in [3.05, 3.63) is 57.1 Å². The third-order valence-corrected chi connectivity index (χ3v) is 3.81. The van der Waals surface area contributed by atoms with E-state index in [-0.39, 0.29) is 0 Å². The van der Waals surface area contributed by atoms with Gasteiger partial charge in [-0.3, -0.25) is 0 Å². The lowest BCUT2D eigenvalue weighted by Gasteiger charge is -2.11. The Hall–Kier alpha value is -1.89. The van der Waals surface area contributed by atoms with E-state index in [1.54, 1.807) is 18.2 Å². The average molecular weight is 320 g/mol. The highest BCUT2D eigenvalue weighted by molar-refractivity contribution is 6.31. The van der Waals surface area contributed by atoms with Crippen LogP contribution in [0.4, 0.5) is 0 Å². The Bertz CT molecular complexity index is 738. The molecule has 0 saturated carbocycles. The van der Waals surface area contributed by atoms with Gasteiger partial charge in [-0.1, -0.05) is 23.2 Å². The fourth-order valence-corrected chi connectivity index (χ4v) is 2.77. The molecule has 3 rings (SSSR count). The van der Waals surface area contributed by atoms with Crippen LogP contribution in [-0.4, -0.2) is 6.61 Å². The lowest BCUT2D eigenvalue weighted by molar-refractivity contribution is 0.292. The zero-order valence-corrected chi connectivity index (χ0v) is 12.5. The zero-order valence-electron chi connectivity index (χ0n) is 11.0. The van der Waals surface area contributed by atoms with Gasteiger partial charge in [-0.25, -0.2) is 0 Å². The summed E-state index contributed by atoms with van der Waals surface area (Å²) in [6.45, 7) is 1.01. The molecule has 5 heteroatoms. The van der Waals surface area contributed by atoms with Crippen molar-refractivity contribution in [2.75, 3.05) is 6.61 Å². The van der Waals surface area contributed by atoms with Crippen LogP contribution in [0.1, 0.15) is 16.7 Å². The predicted molar refractivity (Wildman–Crippen MR) is 81.2 cm³/mol. The molecule has 2 aromatic carbocycles. The molecule has 3 nitrogen and oxygen atoms in total. The summed E-state index contributed by atoms with van der Waals surface area (Å²) >= 11 is 12.1. The highest BCUT2D eigenvalue weighted by Gasteiger charge is 2.18. The standard InChI is InChI=1S/C16H11Cl2NO2/c17-13-5-10-3-4-20-16(10)12(6-13)9-21-14-2-1-11(8-19)15(18)7-14/h1-2,5-7H,3-4,9H2. The molecule has 106 valence electrons. The SMILES string of the molecule is N#Cc1ccc(OCc2cc(Cl)cc3c2OCC3)cc1Cl. The van der Waals surface area contributed by atoms with Gasteiger partial charge in [0, 0.05) is 23.1 Å². The topological polar surface area (TPSA) is 42.2 Å². The van der Waals surface area contributed by atoms with Crippen LogP contribution in [0.5, 0.6) is 11.5 Å². The minimum atomic E-state index is 0.338. The van der Waals surface area contributed by atoms with Crippen molar-refractivity contribution in [1.82, 2.24) is 0 Å². The van der Waals surface area contributed by atoms with Crippen molar-refractivity contribution in [2.24, 2.45) is 0 Å². The van der Waals surface area contributed by atoms with Crippen molar-refractivity contribution in [2.45, 2.75) is 13.0 Å². The largest absolute Gasteiger partial charge is 0.493 e. The number of benzene rings is 2. The Kier molecular flexibility index (Phi) is 3.92. The fourth-order valence-electron chi connectivity index (χ4n) is 2.29. The van der Waals surface area contributed by atoms with E-state index in [2.05, 4.69) is 0 Å². The summed E-state index contributed by atoms with van der Waals surface area (Å²) < 4.78 is 11.3. The number of nitriles is 1. The molecule has 0 bridgehead atoms. The second kappa shape index (κ2) is 5.85. The molecule has 0 atom stereocenters. The molecule has 1 aliphatic heterocycles. The van der Waals surface area contributed by atoms with Crippen LogP contribution in [0, 0.1) is 11.3 Å². The van der Waals surface area contributed by atoms with Crippen LogP contribution >= 0.6 is 23.2 Å². The summed E-state index contributed by atoms with van der Waals surface area (Å²) in [5.41, 5.74) is 2.45. The summed E-state index contributed by atoms with van der Waals surface area (Å²) in [6.07, 6.45) is 0.867. The van der Waals surface area contributed by atoms with Gasteiger partial charge in [-0.2, -0.15) is 5.26 Å². The molecule has 0 aromatic heterocycles. The zero-order chi connectivity index (χ0) is 14.8. The van der Waals surface area contributed by atoms with E-state index in [1.807, 2.05) is 18.2 Å². The van der Waals surface area contributed by atoms with Gasteiger partial charge in [0.2, 0.25) is 0 Å². The highest BCUT2D eigenvalue weighted by atomic mass is 35.5. The summed E-state index contributed by atoms with van der Waals surface area (Å²) in [7, 11) is 0. The maximum Gasteiger partial charge on any atom is 0.129 e. The quantitative estimate of drug-likeness (QED) is 0.843. The lowest BCUT2D eigenvalue weighted by Crippen LogP contribution is -1.99. The molecule has 0 spiro atoms. The molecule has 0 saturated heterocycles. The summed E-state index contributed by atoms with van der Waals surface area (Å²) in [6, 6.07) is 10.8. The number of halogens is 2. The predicted octanol–water partition coefficient (Wildman–Crippen LogP) is 4.38. The van der Waals surface area contributed by atoms with E-state index in [9.17, 15) is 0 Å². The number of hydrogen-bond donors (Lipinski definition) is 0. The molecule has 2 aromatic rings. The third-order valence-electron chi connectivity index (χ3n) is 3.28. The Labute approximate surface area is 132 Å². The van der Waals surface area contributed by atoms with Gasteiger partial charge in [-0.05, 0) is 29.8 Å². The van der Waals surface area contributed by atoms with Crippen LogP contribution < -0.4 is 9.47 Å². The second-order valence-corrected chi connectivity index (χ2v) is 5.54. The number of nitrogens with zero attached hydrogens (tertiary/aromatic N) is 1. The normalized spacial score (nSPS) is 12.4. The number of hydrogen-bond acceptors (Lipinski definition) is 3. The molecule has 0 fully saturated rings. The number of fused-ring (bicyclic) bond motifs is 1. The van der Waals surface area contributed by atoms with E-state index in [1.165, 1.54) is 0 Å². The van der Waals surface area contributed by atoms with Crippen LogP contribution in [0.15, 0.2) is 30.3 Å². The molecule has 0 radical (unpaired) electrons. The Balaban J connectivity index is 1.80. The van der Waals surface area contributed by atoms with Gasteiger partial charge in [0.1, 0.15) is 24.2 Å². The second-order valence-electron chi connectivity index (χ2n) is 4.69. The number of rotatable bonds is 3. The van der Waals surface area contributed by atoms with Crippen LogP contribution in [0.25, 0.3) is 0 Å². The molecule has 21 heavy (non-hydrogen) atoms. The van der Waals surface area contributed by atoms with Crippen LogP contribution in [0.2, 0.25) is 10.0 Å². The summed E-state index contributed by atoms with van der Waals surface area (Å²) in [5, 5.41) is 9.90. The van der Waals surface area contributed by atoms with Gasteiger partial charge in [0.25, 0.3) is 0 Å². The van der Waals surface area contributed by atoms with E-state index in [4.69, 9.17) is 37.9 Å². The molecular formula is C16H11Cl2NO2. The van der Waals surface area contributed by atoms with Crippen LogP contribution in [-0.2, 0) is 13.0 Å². The minimum Gasteiger partial charge on any atom is -0.493 e. The number of ether oxygens (including phenoxy) is 2. The van der Waals surface area contributed by atoms with E-state index >= 15 is 0 Å². The molecule has 0 unspecified atom stereocenters. The average Bonchev–Trinajstić information content (AvgIpc) is 2.93. The van der Waals surface area contributed by atoms with Crippen LogP contribution in [0.3, 0.4) is 0 Å². The minimum absolute atomic E-state index is 0.338. The fraction of sp³-hybridized carbons (Fsp3) is 0.188. The third kappa shape index (κ3) is 2.92. The summed E-state index contributed by atoms with van der Waals surface area (Å²) in [4.78, 5) is 0. The summed E-state index contributed by atoms with van der Waals surface area (Å²) in [5.74, 6) is 1.46. The van der Waals surface area contributed by atoms with Crippen molar-refractivity contribution >= 4 is 23.2 Å². The van der Waals surface area contributed by atoms with E-state index in [0.717, 1.165) is 23.3 Å². The first-order valence-electron chi connectivity index (χ1n) is 6.44. The maximum absolute atomic E-state index is 8.85. The molecule has 0 N–H and O–H groups in total. The Morgan fingerprint density at radius 3 is 2.86 bits per heavy atom. The van der Waals surface area contributed by atoms with Crippen molar-refractivity contribution in [1.29, 1.82) is 5.26 Å². The van der Waals surface area contributed by atoms with E-state index in [0.29, 0.717) is 34.6 Å². The van der Waals surface area contributed by atoms with Crippen molar-refractivity contribution in [3.8, 4) is 17.6 Å². The molecule has 0 aliphatic carbocycles. The molecule has 1 heterocycles. The first kappa shape index (κ1) is 14.1. The smallest absolute Gasteiger partial charge is 0.129 e.